The Morgan fingerprint density at radius 3 is 2.75 bits per heavy atom. The molecule has 7 heteroatoms. The van der Waals surface area contributed by atoms with E-state index in [0.29, 0.717) is 27.3 Å². The fraction of sp³-hybridized carbons (Fsp3) is 0.0952. The van der Waals surface area contributed by atoms with E-state index in [2.05, 4.69) is 4.98 Å². The maximum absolute atomic E-state index is 13.2. The lowest BCUT2D eigenvalue weighted by Crippen LogP contribution is -2.09. The number of rotatable bonds is 2. The first-order chi connectivity index (χ1) is 13.5. The summed E-state index contributed by atoms with van der Waals surface area (Å²) in [5.41, 5.74) is 2.18. The van der Waals surface area contributed by atoms with Gasteiger partial charge in [0.25, 0.3) is 0 Å². The molecule has 0 unspecified atom stereocenters. The first-order valence-corrected chi connectivity index (χ1v) is 9.36. The maximum Gasteiger partial charge on any atom is 0.303 e. The largest absolute Gasteiger partial charge is 0.496 e. The van der Waals surface area contributed by atoms with Crippen molar-refractivity contribution in [3.63, 3.8) is 0 Å². The first kappa shape index (κ1) is 16.7. The van der Waals surface area contributed by atoms with Crippen LogP contribution in [0.2, 0.25) is 0 Å². The molecule has 3 heterocycles. The lowest BCUT2D eigenvalue weighted by Gasteiger charge is -2.07. The zero-order valence-corrected chi connectivity index (χ0v) is 15.8. The maximum atomic E-state index is 13.2. The molecule has 138 valence electrons. The van der Waals surface area contributed by atoms with Crippen molar-refractivity contribution >= 4 is 43.7 Å². The molecule has 6 nitrogen and oxygen atoms in total. The van der Waals surface area contributed by atoms with Crippen LogP contribution in [-0.4, -0.2) is 12.1 Å². The van der Waals surface area contributed by atoms with Gasteiger partial charge in [0.1, 0.15) is 27.1 Å². The topological polar surface area (TPSA) is 89.3 Å². The van der Waals surface area contributed by atoms with Gasteiger partial charge in [0, 0.05) is 0 Å². The molecule has 28 heavy (non-hydrogen) atoms. The number of methoxy groups -OCH3 is 1. The SMILES string of the molecule is COc1cc(C)cc2oc3oc(=N)c(-c4nc5ccccc5s4)cc3c(=O)c12. The Hall–Kier alpha value is -3.45. The van der Waals surface area contributed by atoms with Gasteiger partial charge < -0.3 is 13.6 Å². The highest BCUT2D eigenvalue weighted by atomic mass is 32.1. The van der Waals surface area contributed by atoms with Gasteiger partial charge in [-0.3, -0.25) is 10.2 Å². The molecule has 0 atom stereocenters. The van der Waals surface area contributed by atoms with Crippen LogP contribution >= 0.6 is 11.3 Å². The lowest BCUT2D eigenvalue weighted by atomic mass is 10.1. The van der Waals surface area contributed by atoms with Gasteiger partial charge in [-0.15, -0.1) is 11.3 Å². The van der Waals surface area contributed by atoms with Crippen molar-refractivity contribution < 1.29 is 13.6 Å². The molecule has 5 aromatic rings. The highest BCUT2D eigenvalue weighted by Gasteiger charge is 2.18. The number of aromatic nitrogens is 1. The molecular weight excluding hydrogens is 376 g/mol. The minimum atomic E-state index is -0.265. The summed E-state index contributed by atoms with van der Waals surface area (Å²) in [5, 5.41) is 9.49. The van der Waals surface area contributed by atoms with Crippen LogP contribution < -0.4 is 15.7 Å². The average Bonchev–Trinajstić information content (AvgIpc) is 3.10. The number of nitrogens with one attached hydrogen (secondary N) is 1. The van der Waals surface area contributed by atoms with E-state index in [-0.39, 0.29) is 22.1 Å². The summed E-state index contributed by atoms with van der Waals surface area (Å²) in [6, 6.07) is 12.9. The Morgan fingerprint density at radius 2 is 1.96 bits per heavy atom. The van der Waals surface area contributed by atoms with Crippen LogP contribution in [-0.2, 0) is 0 Å². The number of hydrogen-bond acceptors (Lipinski definition) is 7. The average molecular weight is 390 g/mol. The quantitative estimate of drug-likeness (QED) is 0.445. The highest BCUT2D eigenvalue weighted by molar-refractivity contribution is 7.21. The minimum Gasteiger partial charge on any atom is -0.496 e. The molecule has 0 amide bonds. The lowest BCUT2D eigenvalue weighted by molar-refractivity contribution is 0.417. The number of ether oxygens (including phenoxy) is 1. The van der Waals surface area contributed by atoms with E-state index in [1.807, 2.05) is 31.2 Å². The van der Waals surface area contributed by atoms with Crippen LogP contribution in [0, 0.1) is 12.3 Å². The molecular formula is C21H14N2O4S. The van der Waals surface area contributed by atoms with E-state index >= 15 is 0 Å². The Bertz CT molecular complexity index is 1480. The predicted octanol–water partition coefficient (Wildman–Crippen LogP) is 4.61. The molecule has 2 aromatic carbocycles. The van der Waals surface area contributed by atoms with E-state index < -0.39 is 0 Å². The molecule has 3 aromatic heterocycles. The van der Waals surface area contributed by atoms with Crippen molar-refractivity contribution in [2.24, 2.45) is 0 Å². The zero-order valence-electron chi connectivity index (χ0n) is 15.0. The number of thiazole rings is 1. The number of fused-ring (bicyclic) bond motifs is 3. The summed E-state index contributed by atoms with van der Waals surface area (Å²) < 4.78 is 17.7. The Kier molecular flexibility index (Phi) is 3.60. The van der Waals surface area contributed by atoms with Crippen LogP contribution in [0.25, 0.3) is 42.9 Å². The second kappa shape index (κ2) is 6.03. The van der Waals surface area contributed by atoms with E-state index in [9.17, 15) is 4.79 Å². The summed E-state index contributed by atoms with van der Waals surface area (Å²) in [6.45, 7) is 1.88. The number of benzene rings is 2. The molecule has 0 spiro atoms. The van der Waals surface area contributed by atoms with Gasteiger partial charge in [-0.25, -0.2) is 4.98 Å². The van der Waals surface area contributed by atoms with Crippen molar-refractivity contribution in [3.05, 3.63) is 63.8 Å². The Morgan fingerprint density at radius 1 is 1.14 bits per heavy atom. The zero-order chi connectivity index (χ0) is 19.4. The molecule has 0 saturated heterocycles. The third kappa shape index (κ3) is 2.44. The third-order valence-corrected chi connectivity index (χ3v) is 5.65. The van der Waals surface area contributed by atoms with Gasteiger partial charge in [-0.2, -0.15) is 0 Å². The van der Waals surface area contributed by atoms with Gasteiger partial charge in [0.2, 0.25) is 11.0 Å². The van der Waals surface area contributed by atoms with Crippen LogP contribution in [0.5, 0.6) is 5.75 Å². The molecule has 0 aliphatic heterocycles. The summed E-state index contributed by atoms with van der Waals surface area (Å²) in [4.78, 5) is 17.7. The van der Waals surface area contributed by atoms with E-state index in [1.54, 1.807) is 18.2 Å². The number of hydrogen-bond donors (Lipinski definition) is 1. The van der Waals surface area contributed by atoms with Gasteiger partial charge in [-0.1, -0.05) is 12.1 Å². The third-order valence-electron chi connectivity index (χ3n) is 4.58. The van der Waals surface area contributed by atoms with Crippen molar-refractivity contribution in [1.82, 2.24) is 4.98 Å². The second-order valence-corrected chi connectivity index (χ2v) is 7.48. The molecule has 0 fully saturated rings. The van der Waals surface area contributed by atoms with Gasteiger partial charge in [0.15, 0.2) is 0 Å². The van der Waals surface area contributed by atoms with Crippen LogP contribution in [0.3, 0.4) is 0 Å². The highest BCUT2D eigenvalue weighted by Crippen LogP contribution is 2.31. The Labute approximate surface area is 162 Å². The monoisotopic (exact) mass is 390 g/mol. The van der Waals surface area contributed by atoms with Gasteiger partial charge in [-0.05, 0) is 42.8 Å². The Balaban J connectivity index is 1.85. The summed E-state index contributed by atoms with van der Waals surface area (Å²) in [7, 11) is 1.52. The molecule has 5 rings (SSSR count). The molecule has 0 saturated carbocycles. The van der Waals surface area contributed by atoms with Crippen molar-refractivity contribution in [2.75, 3.05) is 7.11 Å². The standard InChI is InChI=1S/C21H14N2O4S/c1-10-7-14(25-2)17-15(8-10)26-21-11(18(17)24)9-12(19(22)27-21)20-23-13-5-3-4-6-16(13)28-20/h3-9,22H,1-2H3. The van der Waals surface area contributed by atoms with Gasteiger partial charge in [0.05, 0.1) is 22.9 Å². The van der Waals surface area contributed by atoms with Crippen molar-refractivity contribution in [3.8, 4) is 16.3 Å². The summed E-state index contributed by atoms with van der Waals surface area (Å²) in [5.74, 6) is 0.460. The fourth-order valence-electron chi connectivity index (χ4n) is 3.27. The number of nitrogens with zero attached hydrogens (tertiary/aromatic N) is 1. The molecule has 0 radical (unpaired) electrons. The molecule has 1 N–H and O–H groups in total. The van der Waals surface area contributed by atoms with Crippen LogP contribution in [0.15, 0.2) is 56.1 Å². The second-order valence-electron chi connectivity index (χ2n) is 6.45. The number of aryl methyl sites for hydroxylation is 1. The molecule has 0 aliphatic carbocycles. The van der Waals surface area contributed by atoms with Crippen LogP contribution in [0.1, 0.15) is 5.56 Å². The minimum absolute atomic E-state index is 0.0139. The van der Waals surface area contributed by atoms with Crippen molar-refractivity contribution in [1.29, 1.82) is 5.41 Å². The normalized spacial score (nSPS) is 11.5. The number of para-hydroxylation sites is 1. The predicted molar refractivity (Wildman–Crippen MR) is 108 cm³/mol. The van der Waals surface area contributed by atoms with E-state index in [1.165, 1.54) is 18.4 Å². The smallest absolute Gasteiger partial charge is 0.303 e. The molecule has 0 aliphatic rings. The van der Waals surface area contributed by atoms with Gasteiger partial charge >= 0.3 is 5.78 Å². The van der Waals surface area contributed by atoms with Crippen molar-refractivity contribution in [2.45, 2.75) is 6.92 Å². The summed E-state index contributed by atoms with van der Waals surface area (Å²) >= 11 is 1.44. The summed E-state index contributed by atoms with van der Waals surface area (Å²) in [6.07, 6.45) is 0. The first-order valence-electron chi connectivity index (χ1n) is 8.55. The van der Waals surface area contributed by atoms with E-state index in [0.717, 1.165) is 15.8 Å². The molecule has 0 bridgehead atoms. The van der Waals surface area contributed by atoms with E-state index in [4.69, 9.17) is 19.0 Å². The fourth-order valence-corrected chi connectivity index (χ4v) is 4.25. The van der Waals surface area contributed by atoms with Crippen LogP contribution in [0.4, 0.5) is 0 Å².